The first-order chi connectivity index (χ1) is 8.16. The minimum atomic E-state index is -0.650. The Kier molecular flexibility index (Phi) is 3.22. The van der Waals surface area contributed by atoms with Gasteiger partial charge in [-0.3, -0.25) is 14.6 Å². The van der Waals surface area contributed by atoms with Crippen molar-refractivity contribution in [3.05, 3.63) is 20.8 Å². The van der Waals surface area contributed by atoms with E-state index < -0.39 is 11.2 Å². The van der Waals surface area contributed by atoms with Crippen molar-refractivity contribution < 1.29 is 4.79 Å². The summed E-state index contributed by atoms with van der Waals surface area (Å²) in [5.41, 5.74) is -1.23. The van der Waals surface area contributed by atoms with Crippen LogP contribution in [0.2, 0.25) is 0 Å². The van der Waals surface area contributed by atoms with Gasteiger partial charge in [0.2, 0.25) is 11.7 Å². The fraction of sp³-hybridized carbons (Fsp3) is 0.556. The number of amides is 1. The highest BCUT2D eigenvalue weighted by atomic mass is 16.2. The zero-order valence-corrected chi connectivity index (χ0v) is 9.08. The monoisotopic (exact) mass is 239 g/mol. The van der Waals surface area contributed by atoms with Crippen molar-refractivity contribution in [3.8, 4) is 0 Å². The molecule has 1 amide bonds. The topological polar surface area (TPSA) is 120 Å². The van der Waals surface area contributed by atoms with Crippen LogP contribution in [-0.4, -0.2) is 34.2 Å². The summed E-state index contributed by atoms with van der Waals surface area (Å²) in [6.07, 6.45) is 1.92. The molecule has 1 aliphatic rings. The Morgan fingerprint density at radius 1 is 1.35 bits per heavy atom. The second-order valence-corrected chi connectivity index (χ2v) is 3.85. The first kappa shape index (κ1) is 11.4. The zero-order chi connectivity index (χ0) is 12.3. The van der Waals surface area contributed by atoms with Crippen LogP contribution in [0, 0.1) is 5.92 Å². The van der Waals surface area contributed by atoms with Gasteiger partial charge in [-0.25, -0.2) is 9.89 Å². The van der Waals surface area contributed by atoms with E-state index in [0.717, 1.165) is 12.8 Å². The Labute approximate surface area is 95.8 Å². The number of aromatic nitrogens is 3. The third-order valence-electron chi connectivity index (χ3n) is 2.38. The number of H-pyrrole nitrogens is 2. The summed E-state index contributed by atoms with van der Waals surface area (Å²) in [4.78, 5) is 35.2. The molecule has 17 heavy (non-hydrogen) atoms. The molecule has 8 nitrogen and oxygen atoms in total. The van der Waals surface area contributed by atoms with Crippen molar-refractivity contribution in [3.63, 3.8) is 0 Å². The average Bonchev–Trinajstić information content (AvgIpc) is 3.10. The summed E-state index contributed by atoms with van der Waals surface area (Å²) in [7, 11) is 0. The molecule has 4 N–H and O–H groups in total. The molecule has 1 aromatic heterocycles. The van der Waals surface area contributed by atoms with Crippen LogP contribution in [-0.2, 0) is 4.79 Å². The van der Waals surface area contributed by atoms with E-state index in [1.807, 2.05) is 4.98 Å². The maximum absolute atomic E-state index is 11.3. The summed E-state index contributed by atoms with van der Waals surface area (Å²) in [5, 5.41) is 11.1. The first-order valence-corrected chi connectivity index (χ1v) is 5.37. The minimum absolute atomic E-state index is 0.0327. The number of rotatable bonds is 5. The molecule has 1 heterocycles. The molecule has 0 saturated heterocycles. The van der Waals surface area contributed by atoms with Gasteiger partial charge in [-0.05, 0) is 12.8 Å². The molecule has 2 rings (SSSR count). The molecule has 8 heteroatoms. The lowest BCUT2D eigenvalue weighted by atomic mass is 10.4. The molecule has 0 aromatic carbocycles. The van der Waals surface area contributed by atoms with Gasteiger partial charge in [0.1, 0.15) is 0 Å². The van der Waals surface area contributed by atoms with Gasteiger partial charge in [0.15, 0.2) is 0 Å². The van der Waals surface area contributed by atoms with Crippen LogP contribution in [0.4, 0.5) is 5.82 Å². The Morgan fingerprint density at radius 3 is 2.76 bits per heavy atom. The molecule has 1 fully saturated rings. The Morgan fingerprint density at radius 2 is 2.12 bits per heavy atom. The summed E-state index contributed by atoms with van der Waals surface area (Å²) >= 11 is 0. The summed E-state index contributed by atoms with van der Waals surface area (Å²) < 4.78 is 0. The molecular formula is C9H13N5O3. The van der Waals surface area contributed by atoms with Crippen LogP contribution in [0.5, 0.6) is 0 Å². The predicted molar refractivity (Wildman–Crippen MR) is 59.7 cm³/mol. The molecule has 1 aromatic rings. The third-order valence-corrected chi connectivity index (χ3v) is 2.38. The quantitative estimate of drug-likeness (QED) is 0.461. The fourth-order valence-electron chi connectivity index (χ4n) is 1.32. The smallest absolute Gasteiger partial charge is 0.342 e. The second-order valence-electron chi connectivity index (χ2n) is 3.85. The van der Waals surface area contributed by atoms with Gasteiger partial charge in [0, 0.05) is 19.0 Å². The lowest BCUT2D eigenvalue weighted by Crippen LogP contribution is -2.32. The van der Waals surface area contributed by atoms with E-state index in [9.17, 15) is 14.4 Å². The zero-order valence-electron chi connectivity index (χ0n) is 9.08. The van der Waals surface area contributed by atoms with E-state index >= 15 is 0 Å². The van der Waals surface area contributed by atoms with E-state index in [0.29, 0.717) is 13.1 Å². The van der Waals surface area contributed by atoms with Crippen LogP contribution >= 0.6 is 0 Å². The second kappa shape index (κ2) is 4.81. The lowest BCUT2D eigenvalue weighted by Gasteiger charge is -2.05. The maximum atomic E-state index is 11.3. The van der Waals surface area contributed by atoms with Crippen molar-refractivity contribution >= 4 is 11.7 Å². The highest BCUT2D eigenvalue weighted by Crippen LogP contribution is 2.28. The molecule has 0 aliphatic heterocycles. The molecule has 0 spiro atoms. The lowest BCUT2D eigenvalue weighted by molar-refractivity contribution is -0.122. The Balaban J connectivity index is 1.75. The molecular weight excluding hydrogens is 226 g/mol. The minimum Gasteiger partial charge on any atom is -0.362 e. The molecule has 0 atom stereocenters. The normalized spacial score (nSPS) is 14.4. The van der Waals surface area contributed by atoms with E-state index in [4.69, 9.17) is 0 Å². The van der Waals surface area contributed by atoms with Gasteiger partial charge < -0.3 is 10.6 Å². The molecule has 0 unspecified atom stereocenters. The third kappa shape index (κ3) is 3.16. The van der Waals surface area contributed by atoms with Gasteiger partial charge in [-0.1, -0.05) is 0 Å². The van der Waals surface area contributed by atoms with Gasteiger partial charge in [0.05, 0.1) is 0 Å². The molecule has 0 radical (unpaired) electrons. The maximum Gasteiger partial charge on any atom is 0.342 e. The number of carbonyl (C=O) groups excluding carboxylic acids is 1. The number of anilines is 1. The number of hydrogen-bond acceptors (Lipinski definition) is 5. The van der Waals surface area contributed by atoms with Gasteiger partial charge in [0.25, 0.3) is 5.56 Å². The van der Waals surface area contributed by atoms with E-state index in [2.05, 4.69) is 20.8 Å². The number of hydrogen-bond donors (Lipinski definition) is 4. The largest absolute Gasteiger partial charge is 0.362 e. The van der Waals surface area contributed by atoms with Gasteiger partial charge >= 0.3 is 5.69 Å². The van der Waals surface area contributed by atoms with Gasteiger partial charge in [-0.2, -0.15) is 0 Å². The highest BCUT2D eigenvalue weighted by molar-refractivity contribution is 5.80. The van der Waals surface area contributed by atoms with Crippen molar-refractivity contribution in [2.24, 2.45) is 5.92 Å². The summed E-state index contributed by atoms with van der Waals surface area (Å²) in [6, 6.07) is 0. The molecule has 0 bridgehead atoms. The molecule has 92 valence electrons. The number of aromatic amines is 2. The Bertz CT molecular complexity index is 516. The predicted octanol–water partition coefficient (Wildman–Crippen LogP) is -1.60. The Hall–Kier alpha value is -2.12. The van der Waals surface area contributed by atoms with Crippen molar-refractivity contribution in [1.82, 2.24) is 20.5 Å². The van der Waals surface area contributed by atoms with Crippen LogP contribution in [0.25, 0.3) is 0 Å². The van der Waals surface area contributed by atoms with Crippen LogP contribution in [0.1, 0.15) is 12.8 Å². The van der Waals surface area contributed by atoms with Crippen LogP contribution in [0.3, 0.4) is 0 Å². The average molecular weight is 239 g/mol. The summed E-state index contributed by atoms with van der Waals surface area (Å²) in [5.74, 6) is 0.255. The van der Waals surface area contributed by atoms with E-state index in [1.54, 1.807) is 0 Å². The standard InChI is InChI=1S/C9H13N5O3/c15-7(5-1-2-5)11-4-3-10-6-8(16)12-9(17)14-13-6/h5H,1-4H2,(H,10,13)(H,11,15)(H2,12,14,16,17). The molecule has 1 saturated carbocycles. The highest BCUT2D eigenvalue weighted by Gasteiger charge is 2.28. The molecule has 1 aliphatic carbocycles. The summed E-state index contributed by atoms with van der Waals surface area (Å²) in [6.45, 7) is 0.788. The number of carbonyl (C=O) groups is 1. The van der Waals surface area contributed by atoms with Crippen molar-refractivity contribution in [2.75, 3.05) is 18.4 Å². The number of nitrogens with zero attached hydrogens (tertiary/aromatic N) is 1. The fourth-order valence-corrected chi connectivity index (χ4v) is 1.32. The van der Waals surface area contributed by atoms with Crippen LogP contribution < -0.4 is 21.9 Å². The number of nitrogens with one attached hydrogen (secondary N) is 4. The van der Waals surface area contributed by atoms with Gasteiger partial charge in [-0.15, -0.1) is 5.10 Å². The first-order valence-electron chi connectivity index (χ1n) is 5.37. The van der Waals surface area contributed by atoms with Crippen molar-refractivity contribution in [1.29, 1.82) is 0 Å². The van der Waals surface area contributed by atoms with Crippen LogP contribution in [0.15, 0.2) is 9.59 Å². The SMILES string of the molecule is O=C(NCCNc1n[nH]c(=O)[nH]c1=O)C1CC1. The van der Waals surface area contributed by atoms with E-state index in [1.165, 1.54) is 0 Å². The van der Waals surface area contributed by atoms with Crippen molar-refractivity contribution in [2.45, 2.75) is 12.8 Å². The van der Waals surface area contributed by atoms with E-state index in [-0.39, 0.29) is 17.6 Å².